The summed E-state index contributed by atoms with van der Waals surface area (Å²) in [6.45, 7) is 0. The highest BCUT2D eigenvalue weighted by Gasteiger charge is 2.34. The highest BCUT2D eigenvalue weighted by atomic mass is 32.1. The molecule has 1 aromatic heterocycles. The van der Waals surface area contributed by atoms with E-state index in [2.05, 4.69) is 12.2 Å². The quantitative estimate of drug-likeness (QED) is 0.704. The second-order valence-electron chi connectivity index (χ2n) is 3.79. The van der Waals surface area contributed by atoms with Gasteiger partial charge in [0.1, 0.15) is 4.99 Å². The Morgan fingerprint density at radius 2 is 1.75 bits per heavy atom. The molecular weight excluding hydrogens is 297 g/mol. The van der Waals surface area contributed by atoms with Crippen molar-refractivity contribution < 1.29 is 13.2 Å². The van der Waals surface area contributed by atoms with Crippen LogP contribution in [0.25, 0.3) is 5.69 Å². The van der Waals surface area contributed by atoms with E-state index < -0.39 is 28.1 Å². The maximum absolute atomic E-state index is 12.9. The van der Waals surface area contributed by atoms with Crippen LogP contribution in [-0.4, -0.2) is 19.8 Å². The second kappa shape index (κ2) is 4.63. The second-order valence-corrected chi connectivity index (χ2v) is 4.23. The lowest BCUT2D eigenvalue weighted by Crippen LogP contribution is -2.26. The summed E-state index contributed by atoms with van der Waals surface area (Å²) in [5.74, 6) is 0. The Balaban J connectivity index is 2.74. The molecule has 2 aromatic rings. The fourth-order valence-electron chi connectivity index (χ4n) is 1.67. The Kier molecular flexibility index (Phi) is 3.26. The van der Waals surface area contributed by atoms with Gasteiger partial charge in [-0.25, -0.2) is 24.4 Å². The first-order valence-corrected chi connectivity index (χ1v) is 5.54. The van der Waals surface area contributed by atoms with E-state index in [0.717, 1.165) is 12.1 Å². The molecule has 10 heteroatoms. The summed E-state index contributed by atoms with van der Waals surface area (Å²) in [4.78, 5) is 22.3. The molecule has 2 rings (SSSR count). The van der Waals surface area contributed by atoms with E-state index >= 15 is 0 Å². The SMILES string of the molecule is NC(=S)c1ccc(-n2c(=O)[nH][nH]c2=O)cc1C(F)(F)F. The molecule has 0 saturated heterocycles. The number of aromatic nitrogens is 3. The summed E-state index contributed by atoms with van der Waals surface area (Å²) in [6, 6.07) is 2.80. The lowest BCUT2D eigenvalue weighted by atomic mass is 10.1. The lowest BCUT2D eigenvalue weighted by Gasteiger charge is -2.13. The molecule has 0 fully saturated rings. The number of nitrogens with two attached hydrogens (primary N) is 1. The van der Waals surface area contributed by atoms with E-state index in [9.17, 15) is 22.8 Å². The standard InChI is InChI=1S/C10H7F3N4O2S/c11-10(12,13)6-3-4(1-2-5(6)7(14)20)17-8(18)15-16-9(17)19/h1-3H,(H2,14,20)(H,15,18)(H,16,19). The molecule has 0 radical (unpaired) electrons. The Morgan fingerprint density at radius 3 is 2.20 bits per heavy atom. The maximum Gasteiger partial charge on any atom is 0.417 e. The fraction of sp³-hybridized carbons (Fsp3) is 0.100. The predicted molar refractivity (Wildman–Crippen MR) is 67.9 cm³/mol. The fourth-order valence-corrected chi connectivity index (χ4v) is 1.84. The Hall–Kier alpha value is -2.36. The van der Waals surface area contributed by atoms with Crippen LogP contribution in [0.2, 0.25) is 0 Å². The van der Waals surface area contributed by atoms with Gasteiger partial charge in [0, 0.05) is 5.56 Å². The third-order valence-electron chi connectivity index (χ3n) is 2.51. The van der Waals surface area contributed by atoms with Gasteiger partial charge in [0.15, 0.2) is 0 Å². The van der Waals surface area contributed by atoms with Crippen LogP contribution in [0.1, 0.15) is 11.1 Å². The number of thiocarbonyl (C=S) groups is 1. The molecule has 1 aromatic carbocycles. The molecular formula is C10H7F3N4O2S. The molecule has 6 nitrogen and oxygen atoms in total. The van der Waals surface area contributed by atoms with Crippen LogP contribution in [0.3, 0.4) is 0 Å². The first-order valence-electron chi connectivity index (χ1n) is 5.13. The molecule has 0 bridgehead atoms. The lowest BCUT2D eigenvalue weighted by molar-refractivity contribution is -0.137. The van der Waals surface area contributed by atoms with Gasteiger partial charge in [0.25, 0.3) is 0 Å². The van der Waals surface area contributed by atoms with Crippen molar-refractivity contribution in [2.75, 3.05) is 0 Å². The van der Waals surface area contributed by atoms with E-state index in [1.807, 2.05) is 10.2 Å². The number of rotatable bonds is 2. The molecule has 0 aliphatic rings. The number of nitrogens with one attached hydrogen (secondary N) is 2. The van der Waals surface area contributed by atoms with Gasteiger partial charge in [-0.2, -0.15) is 13.2 Å². The van der Waals surface area contributed by atoms with Crippen molar-refractivity contribution in [3.8, 4) is 5.69 Å². The number of nitrogens with zero attached hydrogens (tertiary/aromatic N) is 1. The molecule has 0 unspecified atom stereocenters. The highest BCUT2D eigenvalue weighted by molar-refractivity contribution is 7.80. The van der Waals surface area contributed by atoms with Gasteiger partial charge < -0.3 is 5.73 Å². The van der Waals surface area contributed by atoms with E-state index in [-0.39, 0.29) is 11.3 Å². The minimum Gasteiger partial charge on any atom is -0.389 e. The summed E-state index contributed by atoms with van der Waals surface area (Å²) >= 11 is 4.55. The first kappa shape index (κ1) is 14.1. The minimum atomic E-state index is -4.72. The molecule has 0 aliphatic carbocycles. The number of alkyl halides is 3. The largest absolute Gasteiger partial charge is 0.417 e. The number of H-pyrrole nitrogens is 2. The van der Waals surface area contributed by atoms with Crippen molar-refractivity contribution in [2.24, 2.45) is 5.73 Å². The topological polar surface area (TPSA) is 96.7 Å². The predicted octanol–water partition coefficient (Wildman–Crippen LogP) is 0.507. The number of halogens is 3. The van der Waals surface area contributed by atoms with Crippen molar-refractivity contribution in [3.63, 3.8) is 0 Å². The van der Waals surface area contributed by atoms with Gasteiger partial charge >= 0.3 is 17.6 Å². The summed E-state index contributed by atoms with van der Waals surface area (Å²) in [5.41, 5.74) is 1.72. The molecule has 0 saturated carbocycles. The van der Waals surface area contributed by atoms with Gasteiger partial charge in [-0.15, -0.1) is 0 Å². The molecule has 0 amide bonds. The van der Waals surface area contributed by atoms with Gasteiger partial charge in [-0.05, 0) is 18.2 Å². The Morgan fingerprint density at radius 1 is 1.20 bits per heavy atom. The van der Waals surface area contributed by atoms with Crippen LogP contribution < -0.4 is 17.1 Å². The zero-order valence-electron chi connectivity index (χ0n) is 9.62. The third-order valence-corrected chi connectivity index (χ3v) is 2.73. The molecule has 4 N–H and O–H groups in total. The minimum absolute atomic E-state index is 0.246. The first-order chi connectivity index (χ1) is 9.21. The zero-order chi connectivity index (χ0) is 15.1. The van der Waals surface area contributed by atoms with Crippen LogP contribution >= 0.6 is 12.2 Å². The van der Waals surface area contributed by atoms with Crippen molar-refractivity contribution in [3.05, 3.63) is 50.3 Å². The molecule has 106 valence electrons. The zero-order valence-corrected chi connectivity index (χ0v) is 10.4. The molecule has 1 heterocycles. The average molecular weight is 304 g/mol. The third kappa shape index (κ3) is 2.37. The maximum atomic E-state index is 12.9. The average Bonchev–Trinajstić information content (AvgIpc) is 2.67. The normalized spacial score (nSPS) is 11.6. The van der Waals surface area contributed by atoms with Crippen LogP contribution in [0.15, 0.2) is 27.8 Å². The Bertz CT molecular complexity index is 759. The Labute approximate surface area is 114 Å². The molecule has 0 spiro atoms. The van der Waals surface area contributed by atoms with Gasteiger partial charge in [-0.3, -0.25) is 0 Å². The van der Waals surface area contributed by atoms with Crippen molar-refractivity contribution in [1.82, 2.24) is 14.8 Å². The number of benzene rings is 1. The smallest absolute Gasteiger partial charge is 0.389 e. The summed E-state index contributed by atoms with van der Waals surface area (Å²) in [6.07, 6.45) is -4.72. The van der Waals surface area contributed by atoms with E-state index in [0.29, 0.717) is 10.6 Å². The van der Waals surface area contributed by atoms with Gasteiger partial charge in [-0.1, -0.05) is 12.2 Å². The molecule has 20 heavy (non-hydrogen) atoms. The summed E-state index contributed by atoms with van der Waals surface area (Å²) in [5, 5.41) is 3.94. The highest BCUT2D eigenvalue weighted by Crippen LogP contribution is 2.33. The van der Waals surface area contributed by atoms with E-state index in [4.69, 9.17) is 5.73 Å². The van der Waals surface area contributed by atoms with Crippen LogP contribution in [0.5, 0.6) is 0 Å². The van der Waals surface area contributed by atoms with Crippen molar-refractivity contribution in [2.45, 2.75) is 6.18 Å². The summed E-state index contributed by atoms with van der Waals surface area (Å²) in [7, 11) is 0. The van der Waals surface area contributed by atoms with Crippen molar-refractivity contribution in [1.29, 1.82) is 0 Å². The van der Waals surface area contributed by atoms with Crippen LogP contribution in [0, 0.1) is 0 Å². The van der Waals surface area contributed by atoms with E-state index in [1.54, 1.807) is 0 Å². The molecule has 0 atom stereocenters. The van der Waals surface area contributed by atoms with Gasteiger partial charge in [0.2, 0.25) is 0 Å². The van der Waals surface area contributed by atoms with E-state index in [1.165, 1.54) is 0 Å². The monoisotopic (exact) mass is 304 g/mol. The van der Waals surface area contributed by atoms with Crippen LogP contribution in [-0.2, 0) is 6.18 Å². The summed E-state index contributed by atoms with van der Waals surface area (Å²) < 4.78 is 39.3. The van der Waals surface area contributed by atoms with Crippen LogP contribution in [0.4, 0.5) is 13.2 Å². The number of hydrogen-bond acceptors (Lipinski definition) is 3. The van der Waals surface area contributed by atoms with Crippen molar-refractivity contribution >= 4 is 17.2 Å². The number of aromatic amines is 2. The molecule has 0 aliphatic heterocycles. The number of hydrogen-bond donors (Lipinski definition) is 3. The van der Waals surface area contributed by atoms with Gasteiger partial charge in [0.05, 0.1) is 11.3 Å².